The Morgan fingerprint density at radius 2 is 0.855 bits per heavy atom. The van der Waals surface area contributed by atoms with Gasteiger partial charge in [0.1, 0.15) is 8.07 Å². The van der Waals surface area contributed by atoms with E-state index in [2.05, 4.69) is 217 Å². The topological polar surface area (TPSA) is 6.48 Å². The Balaban J connectivity index is 1.16. The maximum absolute atomic E-state index is 2.50. The van der Waals surface area contributed by atoms with Crippen LogP contribution in [0.3, 0.4) is 0 Å². The van der Waals surface area contributed by atoms with Crippen molar-refractivity contribution < 1.29 is 0 Å². The number of anilines is 6. The Labute approximate surface area is 322 Å². The lowest BCUT2D eigenvalue weighted by atomic mass is 9.91. The molecule has 0 spiro atoms. The van der Waals surface area contributed by atoms with E-state index in [4.69, 9.17) is 0 Å². The van der Waals surface area contributed by atoms with Gasteiger partial charge in [-0.05, 0) is 103 Å². The van der Waals surface area contributed by atoms with Crippen molar-refractivity contribution in [1.29, 1.82) is 0 Å². The summed E-state index contributed by atoms with van der Waals surface area (Å²) in [5.41, 5.74) is 9.79. The average Bonchev–Trinajstić information content (AvgIpc) is 3.47. The SMILES string of the molecule is C[Si]1(C)c2ccccc2-c2ccc(N(c3ccccc3)c3ccc4ccc5c(N(c6ccccc6)c6cccc7ccccc67)ccc6ccc3c4c65)cc21. The van der Waals surface area contributed by atoms with E-state index in [0.717, 1.165) is 11.4 Å². The Kier molecular flexibility index (Phi) is 7.04. The first kappa shape index (κ1) is 31.8. The highest BCUT2D eigenvalue weighted by Gasteiger charge is 2.37. The summed E-state index contributed by atoms with van der Waals surface area (Å²) in [6.07, 6.45) is 0. The van der Waals surface area contributed by atoms with Gasteiger partial charge in [-0.15, -0.1) is 0 Å². The molecule has 2 nitrogen and oxygen atoms in total. The summed E-state index contributed by atoms with van der Waals surface area (Å²) < 4.78 is 0. The number of benzene rings is 10. The average molecular weight is 719 g/mol. The van der Waals surface area contributed by atoms with Gasteiger partial charge < -0.3 is 9.80 Å². The van der Waals surface area contributed by atoms with Gasteiger partial charge >= 0.3 is 0 Å². The van der Waals surface area contributed by atoms with Gasteiger partial charge in [0.15, 0.2) is 0 Å². The summed E-state index contributed by atoms with van der Waals surface area (Å²) in [7, 11) is -1.89. The molecule has 0 saturated heterocycles. The zero-order chi connectivity index (χ0) is 36.7. The highest BCUT2D eigenvalue weighted by atomic mass is 28.3. The van der Waals surface area contributed by atoms with Gasteiger partial charge in [0.05, 0.1) is 17.1 Å². The van der Waals surface area contributed by atoms with Crippen LogP contribution in [0.2, 0.25) is 13.1 Å². The molecule has 0 fully saturated rings. The molecule has 1 heterocycles. The molecule has 0 aromatic heterocycles. The monoisotopic (exact) mass is 718 g/mol. The van der Waals surface area contributed by atoms with Crippen LogP contribution in [0.5, 0.6) is 0 Å². The van der Waals surface area contributed by atoms with Crippen molar-refractivity contribution in [2.75, 3.05) is 9.80 Å². The third-order valence-electron chi connectivity index (χ3n) is 12.0. The molecule has 1 aliphatic heterocycles. The quantitative estimate of drug-likeness (QED) is 0.125. The molecule has 0 N–H and O–H groups in total. The molecule has 0 bridgehead atoms. The van der Waals surface area contributed by atoms with E-state index in [9.17, 15) is 0 Å². The Morgan fingerprint density at radius 1 is 0.327 bits per heavy atom. The third kappa shape index (κ3) is 4.80. The first-order chi connectivity index (χ1) is 27.1. The highest BCUT2D eigenvalue weighted by molar-refractivity contribution is 7.03. The number of para-hydroxylation sites is 2. The lowest BCUT2D eigenvalue weighted by Gasteiger charge is -2.30. The summed E-state index contributed by atoms with van der Waals surface area (Å²) in [6, 6.07) is 71.8. The molecule has 0 atom stereocenters. The fourth-order valence-corrected chi connectivity index (χ4v) is 12.5. The molecule has 0 amide bonds. The zero-order valence-corrected chi connectivity index (χ0v) is 31.9. The van der Waals surface area contributed by atoms with Crippen LogP contribution in [0.4, 0.5) is 34.1 Å². The summed E-state index contributed by atoms with van der Waals surface area (Å²) in [5, 5.41) is 13.0. The molecular formula is C52H38N2Si. The summed E-state index contributed by atoms with van der Waals surface area (Å²) in [4.78, 5) is 4.92. The largest absolute Gasteiger partial charge is 0.310 e. The minimum atomic E-state index is -1.89. The minimum absolute atomic E-state index is 1.13. The van der Waals surface area contributed by atoms with Crippen LogP contribution in [-0.2, 0) is 0 Å². The van der Waals surface area contributed by atoms with Crippen LogP contribution in [0.1, 0.15) is 0 Å². The second-order valence-corrected chi connectivity index (χ2v) is 19.7. The van der Waals surface area contributed by atoms with Crippen LogP contribution < -0.4 is 20.2 Å². The molecule has 55 heavy (non-hydrogen) atoms. The van der Waals surface area contributed by atoms with Crippen LogP contribution in [-0.4, -0.2) is 8.07 Å². The van der Waals surface area contributed by atoms with E-state index in [1.165, 1.54) is 87.3 Å². The molecule has 0 radical (unpaired) electrons. The summed E-state index contributed by atoms with van der Waals surface area (Å²) >= 11 is 0. The zero-order valence-electron chi connectivity index (χ0n) is 30.9. The number of hydrogen-bond donors (Lipinski definition) is 0. The van der Waals surface area contributed by atoms with Crippen molar-refractivity contribution in [3.8, 4) is 11.1 Å². The van der Waals surface area contributed by atoms with E-state index < -0.39 is 8.07 Å². The van der Waals surface area contributed by atoms with Gasteiger partial charge in [-0.25, -0.2) is 0 Å². The van der Waals surface area contributed by atoms with Gasteiger partial charge in [-0.3, -0.25) is 0 Å². The van der Waals surface area contributed by atoms with Crippen molar-refractivity contribution in [1.82, 2.24) is 0 Å². The fraction of sp³-hybridized carbons (Fsp3) is 0.0385. The standard InChI is InChI=1S/C52H38N2Si/c1-55(2)49-23-12-11-21-42(49)43-31-28-40(34-50(43)55)53(38-16-5-3-6-17-38)47-32-26-36-25-30-45-48(33-27-37-24-29-44(47)51(36)52(37)45)54(39-18-7-4-8-19-39)46-22-13-15-35-14-9-10-20-41(35)46/h3-34H,1-2H3. The molecule has 260 valence electrons. The van der Waals surface area contributed by atoms with Crippen LogP contribution in [0.15, 0.2) is 194 Å². The van der Waals surface area contributed by atoms with E-state index in [-0.39, 0.29) is 0 Å². The van der Waals surface area contributed by atoms with Gasteiger partial charge in [0.25, 0.3) is 0 Å². The molecule has 10 aromatic carbocycles. The van der Waals surface area contributed by atoms with E-state index >= 15 is 0 Å². The molecular weight excluding hydrogens is 681 g/mol. The Hall–Kier alpha value is -6.68. The second kappa shape index (κ2) is 12.2. The van der Waals surface area contributed by atoms with Crippen LogP contribution >= 0.6 is 0 Å². The fourth-order valence-electron chi connectivity index (χ4n) is 9.38. The van der Waals surface area contributed by atoms with Crippen molar-refractivity contribution >= 4 is 95.7 Å². The number of hydrogen-bond acceptors (Lipinski definition) is 2. The normalized spacial score (nSPS) is 13.1. The lowest BCUT2D eigenvalue weighted by Crippen LogP contribution is -2.49. The first-order valence-electron chi connectivity index (χ1n) is 19.2. The van der Waals surface area contributed by atoms with Crippen molar-refractivity contribution in [3.05, 3.63) is 194 Å². The van der Waals surface area contributed by atoms with Gasteiger partial charge in [-0.2, -0.15) is 0 Å². The first-order valence-corrected chi connectivity index (χ1v) is 22.2. The van der Waals surface area contributed by atoms with Gasteiger partial charge in [-0.1, -0.05) is 153 Å². The van der Waals surface area contributed by atoms with Crippen molar-refractivity contribution in [3.63, 3.8) is 0 Å². The molecule has 0 aliphatic carbocycles. The third-order valence-corrected chi connectivity index (χ3v) is 15.5. The number of rotatable bonds is 6. The Bertz CT molecular complexity index is 3070. The second-order valence-electron chi connectivity index (χ2n) is 15.3. The number of nitrogens with zero attached hydrogens (tertiary/aromatic N) is 2. The van der Waals surface area contributed by atoms with Crippen LogP contribution in [0, 0.1) is 0 Å². The predicted octanol–water partition coefficient (Wildman–Crippen LogP) is 13.5. The molecule has 10 aromatic rings. The summed E-state index contributed by atoms with van der Waals surface area (Å²) in [6.45, 7) is 5.00. The maximum atomic E-state index is 2.50. The number of fused-ring (bicyclic) bond motifs is 4. The molecule has 0 saturated carbocycles. The van der Waals surface area contributed by atoms with E-state index in [0.29, 0.717) is 0 Å². The smallest absolute Gasteiger partial charge is 0.113 e. The predicted molar refractivity (Wildman–Crippen MR) is 239 cm³/mol. The summed E-state index contributed by atoms with van der Waals surface area (Å²) in [5.74, 6) is 0. The minimum Gasteiger partial charge on any atom is -0.310 e. The van der Waals surface area contributed by atoms with Crippen molar-refractivity contribution in [2.24, 2.45) is 0 Å². The molecule has 11 rings (SSSR count). The van der Waals surface area contributed by atoms with E-state index in [1.54, 1.807) is 0 Å². The van der Waals surface area contributed by atoms with Crippen LogP contribution in [0.25, 0.3) is 54.2 Å². The molecule has 0 unspecified atom stereocenters. The highest BCUT2D eigenvalue weighted by Crippen LogP contribution is 2.48. The Morgan fingerprint density at radius 3 is 1.56 bits per heavy atom. The van der Waals surface area contributed by atoms with Gasteiger partial charge in [0, 0.05) is 33.2 Å². The van der Waals surface area contributed by atoms with E-state index in [1.807, 2.05) is 0 Å². The van der Waals surface area contributed by atoms with Gasteiger partial charge in [0.2, 0.25) is 0 Å². The lowest BCUT2D eigenvalue weighted by molar-refractivity contribution is 1.30. The maximum Gasteiger partial charge on any atom is 0.113 e. The molecule has 1 aliphatic rings. The van der Waals surface area contributed by atoms with Crippen molar-refractivity contribution in [2.45, 2.75) is 13.1 Å². The molecule has 3 heteroatoms.